The van der Waals surface area contributed by atoms with Gasteiger partial charge in [0, 0.05) is 5.56 Å². The molecule has 2 aromatic heterocycles. The van der Waals surface area contributed by atoms with Crippen molar-refractivity contribution in [1.29, 1.82) is 0 Å². The molecule has 0 spiro atoms. The van der Waals surface area contributed by atoms with Gasteiger partial charge < -0.3 is 10.3 Å². The van der Waals surface area contributed by atoms with Crippen LogP contribution >= 0.6 is 0 Å². The largest absolute Gasteiger partial charge is 0.341 e. The van der Waals surface area contributed by atoms with Crippen LogP contribution in [0.25, 0.3) is 22.3 Å². The van der Waals surface area contributed by atoms with Crippen LogP contribution in [0.1, 0.15) is 29.3 Å². The fraction of sp³-hybridized carbons (Fsp3) is 0.105. The Hall–Kier alpha value is -3.48. The van der Waals surface area contributed by atoms with Crippen molar-refractivity contribution in [3.8, 4) is 11.3 Å². The molecule has 0 fully saturated rings. The zero-order chi connectivity index (χ0) is 18.1. The normalized spacial score (nSPS) is 12.2. The van der Waals surface area contributed by atoms with E-state index in [0.717, 1.165) is 11.0 Å². The first-order chi connectivity index (χ1) is 12.6. The van der Waals surface area contributed by atoms with E-state index in [0.29, 0.717) is 17.1 Å². The van der Waals surface area contributed by atoms with Gasteiger partial charge in [-0.2, -0.15) is 5.10 Å². The van der Waals surface area contributed by atoms with Crippen LogP contribution in [-0.4, -0.2) is 26.1 Å². The molecule has 26 heavy (non-hydrogen) atoms. The Morgan fingerprint density at radius 1 is 1.15 bits per heavy atom. The highest BCUT2D eigenvalue weighted by molar-refractivity contribution is 5.93. The molecule has 4 aromatic rings. The Labute approximate surface area is 148 Å². The van der Waals surface area contributed by atoms with Gasteiger partial charge in [-0.25, -0.2) is 9.37 Å². The lowest BCUT2D eigenvalue weighted by Gasteiger charge is -2.10. The Bertz CT molecular complexity index is 1050. The molecule has 4 rings (SSSR count). The quantitative estimate of drug-likeness (QED) is 0.526. The van der Waals surface area contributed by atoms with Crippen LogP contribution in [0, 0.1) is 5.82 Å². The number of hydrogen-bond acceptors (Lipinski definition) is 3. The van der Waals surface area contributed by atoms with Gasteiger partial charge in [0.05, 0.1) is 22.8 Å². The van der Waals surface area contributed by atoms with E-state index in [4.69, 9.17) is 0 Å². The molecule has 0 unspecified atom stereocenters. The Morgan fingerprint density at radius 3 is 2.73 bits per heavy atom. The maximum atomic E-state index is 13.9. The van der Waals surface area contributed by atoms with Gasteiger partial charge in [-0.1, -0.05) is 24.3 Å². The molecule has 3 N–H and O–H groups in total. The van der Waals surface area contributed by atoms with E-state index in [1.165, 1.54) is 12.1 Å². The summed E-state index contributed by atoms with van der Waals surface area (Å²) in [5.74, 6) is -0.0666. The number of carbonyl (C=O) groups is 1. The number of benzene rings is 2. The standard InChI is InChI=1S/C19H16FN5O/c1-11(18-22-14-8-4-5-9-15(14)23-18)21-19(26)17-10-16(24-25-17)12-6-2-3-7-13(12)20/h2-11H,1H3,(H,21,26)(H,22,23)(H,24,25)/t11-/m0/s1. The topological polar surface area (TPSA) is 86.5 Å². The van der Waals surface area contributed by atoms with Crippen LogP contribution in [0.2, 0.25) is 0 Å². The highest BCUT2D eigenvalue weighted by atomic mass is 19.1. The first-order valence-corrected chi connectivity index (χ1v) is 8.17. The summed E-state index contributed by atoms with van der Waals surface area (Å²) in [5, 5.41) is 9.54. The second kappa shape index (κ2) is 6.44. The second-order valence-electron chi connectivity index (χ2n) is 5.98. The molecular weight excluding hydrogens is 333 g/mol. The Balaban J connectivity index is 1.52. The van der Waals surface area contributed by atoms with Gasteiger partial charge >= 0.3 is 0 Å². The first kappa shape index (κ1) is 16.0. The average molecular weight is 349 g/mol. The number of aromatic nitrogens is 4. The van der Waals surface area contributed by atoms with Gasteiger partial charge in [-0.3, -0.25) is 9.89 Å². The number of amides is 1. The molecule has 7 heteroatoms. The van der Waals surface area contributed by atoms with Crippen molar-refractivity contribution in [3.05, 3.63) is 71.9 Å². The number of para-hydroxylation sites is 2. The minimum absolute atomic E-state index is 0.256. The predicted octanol–water partition coefficient (Wildman–Crippen LogP) is 3.58. The molecule has 2 aromatic carbocycles. The van der Waals surface area contributed by atoms with E-state index >= 15 is 0 Å². The van der Waals surface area contributed by atoms with Gasteiger partial charge in [0.1, 0.15) is 17.3 Å². The lowest BCUT2D eigenvalue weighted by atomic mass is 10.1. The van der Waals surface area contributed by atoms with Gasteiger partial charge in [-0.15, -0.1) is 0 Å². The summed E-state index contributed by atoms with van der Waals surface area (Å²) < 4.78 is 13.9. The van der Waals surface area contributed by atoms with Crippen molar-refractivity contribution < 1.29 is 9.18 Å². The van der Waals surface area contributed by atoms with Crippen molar-refractivity contribution in [3.63, 3.8) is 0 Å². The fourth-order valence-corrected chi connectivity index (χ4v) is 2.77. The van der Waals surface area contributed by atoms with E-state index in [9.17, 15) is 9.18 Å². The number of halogens is 1. The number of aromatic amines is 2. The van der Waals surface area contributed by atoms with Crippen LogP contribution in [0.3, 0.4) is 0 Å². The molecule has 2 heterocycles. The van der Waals surface area contributed by atoms with Crippen molar-refractivity contribution in [2.45, 2.75) is 13.0 Å². The van der Waals surface area contributed by atoms with Gasteiger partial charge in [0.15, 0.2) is 0 Å². The molecule has 0 bridgehead atoms. The minimum Gasteiger partial charge on any atom is -0.341 e. The fourth-order valence-electron chi connectivity index (χ4n) is 2.77. The third-order valence-electron chi connectivity index (χ3n) is 4.14. The lowest BCUT2D eigenvalue weighted by Crippen LogP contribution is -2.27. The summed E-state index contributed by atoms with van der Waals surface area (Å²) in [5.41, 5.74) is 2.72. The average Bonchev–Trinajstić information content (AvgIpc) is 3.29. The van der Waals surface area contributed by atoms with Gasteiger partial charge in [0.25, 0.3) is 5.91 Å². The van der Waals surface area contributed by atoms with Crippen molar-refractivity contribution in [1.82, 2.24) is 25.5 Å². The number of rotatable bonds is 4. The molecule has 0 saturated heterocycles. The molecule has 0 saturated carbocycles. The van der Waals surface area contributed by atoms with E-state index in [1.807, 2.05) is 31.2 Å². The summed E-state index contributed by atoms with van der Waals surface area (Å²) in [6.07, 6.45) is 0. The SMILES string of the molecule is C[C@H](NC(=O)c1cc(-c2ccccc2F)n[nH]1)c1nc2ccccc2[nH]1. The highest BCUT2D eigenvalue weighted by Gasteiger charge is 2.17. The molecule has 6 nitrogen and oxygen atoms in total. The second-order valence-corrected chi connectivity index (χ2v) is 5.98. The van der Waals surface area contributed by atoms with E-state index < -0.39 is 0 Å². The van der Waals surface area contributed by atoms with Gasteiger partial charge in [-0.05, 0) is 37.3 Å². The summed E-state index contributed by atoms with van der Waals surface area (Å²) in [6.45, 7) is 1.84. The van der Waals surface area contributed by atoms with Crippen LogP contribution in [-0.2, 0) is 0 Å². The number of fused-ring (bicyclic) bond motifs is 1. The zero-order valence-electron chi connectivity index (χ0n) is 14.0. The third kappa shape index (κ3) is 2.95. The zero-order valence-corrected chi connectivity index (χ0v) is 14.0. The van der Waals surface area contributed by atoms with E-state index in [1.54, 1.807) is 18.2 Å². The third-order valence-corrected chi connectivity index (χ3v) is 4.14. The number of nitrogens with zero attached hydrogens (tertiary/aromatic N) is 2. The van der Waals surface area contributed by atoms with Crippen LogP contribution in [0.15, 0.2) is 54.6 Å². The number of imidazole rings is 1. The Kier molecular flexibility index (Phi) is 3.96. The Morgan fingerprint density at radius 2 is 1.92 bits per heavy atom. The van der Waals surface area contributed by atoms with E-state index in [-0.39, 0.29) is 23.5 Å². The lowest BCUT2D eigenvalue weighted by molar-refractivity contribution is 0.0933. The molecule has 0 aliphatic rings. The van der Waals surface area contributed by atoms with Crippen molar-refractivity contribution in [2.24, 2.45) is 0 Å². The molecule has 1 amide bonds. The highest BCUT2D eigenvalue weighted by Crippen LogP contribution is 2.21. The summed E-state index contributed by atoms with van der Waals surface area (Å²) in [4.78, 5) is 20.1. The van der Waals surface area contributed by atoms with Crippen molar-refractivity contribution in [2.75, 3.05) is 0 Å². The molecule has 0 aliphatic heterocycles. The molecular formula is C19H16FN5O. The molecule has 1 atom stereocenters. The van der Waals surface area contributed by atoms with Crippen LogP contribution in [0.5, 0.6) is 0 Å². The summed E-state index contributed by atoms with van der Waals surface area (Å²) in [7, 11) is 0. The number of H-pyrrole nitrogens is 2. The summed E-state index contributed by atoms with van der Waals surface area (Å²) in [6, 6.07) is 15.2. The smallest absolute Gasteiger partial charge is 0.269 e. The molecule has 130 valence electrons. The first-order valence-electron chi connectivity index (χ1n) is 8.17. The summed E-state index contributed by atoms with van der Waals surface area (Å²) >= 11 is 0. The van der Waals surface area contributed by atoms with Crippen molar-refractivity contribution >= 4 is 16.9 Å². The minimum atomic E-state index is -0.387. The van der Waals surface area contributed by atoms with E-state index in [2.05, 4.69) is 25.5 Å². The van der Waals surface area contributed by atoms with Crippen LogP contribution < -0.4 is 5.32 Å². The van der Waals surface area contributed by atoms with Gasteiger partial charge in [0.2, 0.25) is 0 Å². The maximum absolute atomic E-state index is 13.9. The maximum Gasteiger partial charge on any atom is 0.269 e. The monoisotopic (exact) mass is 349 g/mol. The predicted molar refractivity (Wildman–Crippen MR) is 96.0 cm³/mol. The van der Waals surface area contributed by atoms with Crippen LogP contribution in [0.4, 0.5) is 4.39 Å². The number of hydrogen-bond donors (Lipinski definition) is 3. The molecule has 0 radical (unpaired) electrons. The number of carbonyl (C=O) groups excluding carboxylic acids is 1. The number of nitrogens with one attached hydrogen (secondary N) is 3. The molecule has 0 aliphatic carbocycles.